The van der Waals surface area contributed by atoms with Crippen molar-refractivity contribution in [3.05, 3.63) is 0 Å². The molecule has 3 atom stereocenters. The van der Waals surface area contributed by atoms with Crippen molar-refractivity contribution < 1.29 is 4.74 Å². The molecule has 2 nitrogen and oxygen atoms in total. The molecule has 0 aromatic heterocycles. The van der Waals surface area contributed by atoms with Gasteiger partial charge in [-0.25, -0.2) is 0 Å². The average molecular weight is 225 g/mol. The molecule has 1 N–H and O–H groups in total. The molecule has 2 heteroatoms. The van der Waals surface area contributed by atoms with Crippen molar-refractivity contribution in [3.63, 3.8) is 0 Å². The molecule has 2 aliphatic carbocycles. The number of hydrogen-bond acceptors (Lipinski definition) is 2. The van der Waals surface area contributed by atoms with E-state index in [1.165, 1.54) is 45.1 Å². The van der Waals surface area contributed by atoms with E-state index in [9.17, 15) is 0 Å². The van der Waals surface area contributed by atoms with Gasteiger partial charge in [0.1, 0.15) is 0 Å². The molecule has 2 saturated carbocycles. The van der Waals surface area contributed by atoms with Crippen LogP contribution in [0, 0.1) is 17.8 Å². The van der Waals surface area contributed by atoms with Crippen LogP contribution in [-0.4, -0.2) is 26.3 Å². The van der Waals surface area contributed by atoms with Gasteiger partial charge in [-0.15, -0.1) is 0 Å². The Labute approximate surface area is 100 Å². The Balaban J connectivity index is 1.71. The Hall–Kier alpha value is -0.0800. The van der Waals surface area contributed by atoms with E-state index in [4.69, 9.17) is 4.74 Å². The van der Waals surface area contributed by atoms with Gasteiger partial charge < -0.3 is 10.1 Å². The third kappa shape index (κ3) is 3.46. The van der Waals surface area contributed by atoms with Gasteiger partial charge in [0.05, 0.1) is 6.61 Å². The van der Waals surface area contributed by atoms with E-state index in [1.54, 1.807) is 0 Å². The summed E-state index contributed by atoms with van der Waals surface area (Å²) < 4.78 is 5.31. The van der Waals surface area contributed by atoms with Crippen LogP contribution in [0.25, 0.3) is 0 Å². The van der Waals surface area contributed by atoms with Crippen LogP contribution in [0.3, 0.4) is 0 Å². The van der Waals surface area contributed by atoms with Crippen LogP contribution in [0.2, 0.25) is 0 Å². The number of rotatable bonds is 6. The summed E-state index contributed by atoms with van der Waals surface area (Å²) in [5.41, 5.74) is 0. The molecule has 0 heterocycles. The van der Waals surface area contributed by atoms with Gasteiger partial charge >= 0.3 is 0 Å². The van der Waals surface area contributed by atoms with Crippen molar-refractivity contribution >= 4 is 0 Å². The van der Waals surface area contributed by atoms with Crippen molar-refractivity contribution in [2.24, 2.45) is 17.8 Å². The molecular weight excluding hydrogens is 198 g/mol. The van der Waals surface area contributed by atoms with E-state index in [0.29, 0.717) is 6.04 Å². The zero-order chi connectivity index (χ0) is 11.4. The van der Waals surface area contributed by atoms with Crippen molar-refractivity contribution in [2.45, 2.75) is 51.5 Å². The van der Waals surface area contributed by atoms with Gasteiger partial charge in [0, 0.05) is 13.2 Å². The van der Waals surface area contributed by atoms with E-state index in [2.05, 4.69) is 12.2 Å². The second kappa shape index (κ2) is 6.02. The molecule has 3 unspecified atom stereocenters. The van der Waals surface area contributed by atoms with Crippen LogP contribution in [0.1, 0.15) is 45.4 Å². The first-order chi connectivity index (χ1) is 7.81. The summed E-state index contributed by atoms with van der Waals surface area (Å²) in [6, 6.07) is 0.624. The largest absolute Gasteiger partial charge is 0.383 e. The van der Waals surface area contributed by atoms with Crippen LogP contribution in [0.15, 0.2) is 0 Å². The van der Waals surface area contributed by atoms with Crippen LogP contribution in [0.4, 0.5) is 0 Å². The molecule has 0 bridgehead atoms. The lowest BCUT2D eigenvalue weighted by Gasteiger charge is -2.30. The van der Waals surface area contributed by atoms with Gasteiger partial charge in [-0.05, 0) is 43.6 Å². The molecule has 2 fully saturated rings. The highest BCUT2D eigenvalue weighted by Crippen LogP contribution is 2.34. The SMILES string of the molecule is COCC(NCC1CCCCC1C)C1CC1. The fourth-order valence-corrected chi connectivity index (χ4v) is 3.04. The summed E-state index contributed by atoms with van der Waals surface area (Å²) in [5.74, 6) is 2.73. The zero-order valence-corrected chi connectivity index (χ0v) is 10.9. The summed E-state index contributed by atoms with van der Waals surface area (Å²) in [4.78, 5) is 0. The maximum Gasteiger partial charge on any atom is 0.0618 e. The highest BCUT2D eigenvalue weighted by atomic mass is 16.5. The molecule has 0 saturated heterocycles. The fraction of sp³-hybridized carbons (Fsp3) is 1.00. The van der Waals surface area contributed by atoms with Gasteiger partial charge in [0.2, 0.25) is 0 Å². The summed E-state index contributed by atoms with van der Waals surface area (Å²) in [6.07, 6.45) is 8.56. The standard InChI is InChI=1S/C14H27NO/c1-11-5-3-4-6-13(11)9-15-14(10-16-2)12-7-8-12/h11-15H,3-10H2,1-2H3. The number of methoxy groups -OCH3 is 1. The molecular formula is C14H27NO. The van der Waals surface area contributed by atoms with Crippen LogP contribution >= 0.6 is 0 Å². The second-order valence-electron chi connectivity index (χ2n) is 5.83. The summed E-state index contributed by atoms with van der Waals surface area (Å²) >= 11 is 0. The smallest absolute Gasteiger partial charge is 0.0618 e. The zero-order valence-electron chi connectivity index (χ0n) is 10.9. The highest BCUT2D eigenvalue weighted by molar-refractivity contribution is 4.87. The third-order valence-corrected chi connectivity index (χ3v) is 4.47. The molecule has 0 aliphatic heterocycles. The van der Waals surface area contributed by atoms with E-state index >= 15 is 0 Å². The monoisotopic (exact) mass is 225 g/mol. The quantitative estimate of drug-likeness (QED) is 0.750. The van der Waals surface area contributed by atoms with Crippen molar-refractivity contribution in [3.8, 4) is 0 Å². The highest BCUT2D eigenvalue weighted by Gasteiger charge is 2.31. The molecule has 0 aromatic carbocycles. The minimum Gasteiger partial charge on any atom is -0.383 e. The molecule has 2 rings (SSSR count). The minimum atomic E-state index is 0.624. The van der Waals surface area contributed by atoms with Crippen LogP contribution in [-0.2, 0) is 4.74 Å². The molecule has 0 aromatic rings. The first-order valence-electron chi connectivity index (χ1n) is 7.03. The second-order valence-corrected chi connectivity index (χ2v) is 5.83. The van der Waals surface area contributed by atoms with E-state index < -0.39 is 0 Å². The Morgan fingerprint density at radius 1 is 1.19 bits per heavy atom. The van der Waals surface area contributed by atoms with Crippen molar-refractivity contribution in [1.29, 1.82) is 0 Å². The average Bonchev–Trinajstić information content (AvgIpc) is 3.10. The third-order valence-electron chi connectivity index (χ3n) is 4.47. The normalized spacial score (nSPS) is 32.6. The predicted molar refractivity (Wildman–Crippen MR) is 67.5 cm³/mol. The Bertz CT molecular complexity index is 199. The molecule has 16 heavy (non-hydrogen) atoms. The van der Waals surface area contributed by atoms with E-state index in [-0.39, 0.29) is 0 Å². The lowest BCUT2D eigenvalue weighted by molar-refractivity contribution is 0.147. The summed E-state index contributed by atoms with van der Waals surface area (Å²) in [7, 11) is 1.82. The number of hydrogen-bond donors (Lipinski definition) is 1. The molecule has 0 spiro atoms. The lowest BCUT2D eigenvalue weighted by Crippen LogP contribution is -2.40. The lowest BCUT2D eigenvalue weighted by atomic mass is 9.80. The maximum atomic E-state index is 5.31. The summed E-state index contributed by atoms with van der Waals surface area (Å²) in [6.45, 7) is 4.53. The molecule has 2 aliphatic rings. The Morgan fingerprint density at radius 2 is 1.94 bits per heavy atom. The topological polar surface area (TPSA) is 21.3 Å². The van der Waals surface area contributed by atoms with Crippen LogP contribution < -0.4 is 5.32 Å². The van der Waals surface area contributed by atoms with Crippen LogP contribution in [0.5, 0.6) is 0 Å². The van der Waals surface area contributed by atoms with E-state index in [1.807, 2.05) is 7.11 Å². The van der Waals surface area contributed by atoms with Gasteiger partial charge in [0.15, 0.2) is 0 Å². The van der Waals surface area contributed by atoms with Crippen molar-refractivity contribution in [2.75, 3.05) is 20.3 Å². The van der Waals surface area contributed by atoms with Gasteiger partial charge in [-0.2, -0.15) is 0 Å². The Morgan fingerprint density at radius 3 is 2.56 bits per heavy atom. The van der Waals surface area contributed by atoms with Gasteiger partial charge in [-0.3, -0.25) is 0 Å². The maximum absolute atomic E-state index is 5.31. The fourth-order valence-electron chi connectivity index (χ4n) is 3.04. The van der Waals surface area contributed by atoms with E-state index in [0.717, 1.165) is 24.4 Å². The van der Waals surface area contributed by atoms with Crippen molar-refractivity contribution in [1.82, 2.24) is 5.32 Å². The summed E-state index contributed by atoms with van der Waals surface area (Å²) in [5, 5.41) is 3.76. The molecule has 0 amide bonds. The molecule has 94 valence electrons. The first-order valence-corrected chi connectivity index (χ1v) is 7.03. The predicted octanol–water partition coefficient (Wildman–Crippen LogP) is 2.83. The van der Waals surface area contributed by atoms with Gasteiger partial charge in [0.25, 0.3) is 0 Å². The number of nitrogens with one attached hydrogen (secondary N) is 1. The minimum absolute atomic E-state index is 0.624. The number of ether oxygens (including phenoxy) is 1. The van der Waals surface area contributed by atoms with Gasteiger partial charge in [-0.1, -0.05) is 26.2 Å². The molecule has 0 radical (unpaired) electrons. The first kappa shape index (κ1) is 12.4. The Kier molecular flexibility index (Phi) is 4.66.